The molecule has 1 aromatic heterocycles. The van der Waals surface area contributed by atoms with Crippen LogP contribution in [0.5, 0.6) is 11.5 Å². The van der Waals surface area contributed by atoms with Gasteiger partial charge in [-0.1, -0.05) is 49.6 Å². The van der Waals surface area contributed by atoms with E-state index in [9.17, 15) is 4.79 Å². The van der Waals surface area contributed by atoms with E-state index < -0.39 is 0 Å². The number of hydrogen-bond acceptors (Lipinski definition) is 6. The summed E-state index contributed by atoms with van der Waals surface area (Å²) in [6.45, 7) is 6.55. The molecule has 2 aromatic carbocycles. The number of carbonyl (C=O) groups is 1. The highest BCUT2D eigenvalue weighted by molar-refractivity contribution is 6.09. The first-order valence-corrected chi connectivity index (χ1v) is 14.0. The minimum absolute atomic E-state index is 0.0370. The van der Waals surface area contributed by atoms with Gasteiger partial charge in [-0.2, -0.15) is 0 Å². The second-order valence-corrected chi connectivity index (χ2v) is 10.6. The Morgan fingerprint density at radius 2 is 1.74 bits per heavy atom. The maximum atomic E-state index is 14.3. The maximum Gasteiger partial charge on any atom is 0.252 e. The molecular formula is C31H40N4O3. The summed E-state index contributed by atoms with van der Waals surface area (Å²) in [5.41, 5.74) is 4.23. The molecule has 3 aromatic rings. The van der Waals surface area contributed by atoms with Gasteiger partial charge in [0.2, 0.25) is 0 Å². The van der Waals surface area contributed by atoms with E-state index in [0.717, 1.165) is 53.9 Å². The number of piperazine rings is 1. The molecule has 1 unspecified atom stereocenters. The van der Waals surface area contributed by atoms with Crippen molar-refractivity contribution in [1.82, 2.24) is 20.5 Å². The smallest absolute Gasteiger partial charge is 0.252 e. The summed E-state index contributed by atoms with van der Waals surface area (Å²) in [5.74, 6) is 1.67. The Hall–Kier alpha value is -3.16. The van der Waals surface area contributed by atoms with Crippen molar-refractivity contribution in [2.75, 3.05) is 40.4 Å². The number of pyridine rings is 1. The summed E-state index contributed by atoms with van der Waals surface area (Å²) < 4.78 is 11.3. The highest BCUT2D eigenvalue weighted by atomic mass is 16.5. The van der Waals surface area contributed by atoms with Crippen LogP contribution in [-0.2, 0) is 6.54 Å². The molecule has 0 bridgehead atoms. The van der Waals surface area contributed by atoms with Crippen LogP contribution in [-0.4, -0.2) is 62.2 Å². The molecule has 2 heterocycles. The maximum absolute atomic E-state index is 14.3. The molecule has 0 spiro atoms. The van der Waals surface area contributed by atoms with Crippen molar-refractivity contribution in [3.05, 3.63) is 53.6 Å². The van der Waals surface area contributed by atoms with Crippen LogP contribution >= 0.6 is 0 Å². The number of fused-ring (bicyclic) bond motifs is 1. The quantitative estimate of drug-likeness (QED) is 0.438. The highest BCUT2D eigenvalue weighted by Gasteiger charge is 2.28. The van der Waals surface area contributed by atoms with Crippen molar-refractivity contribution in [2.45, 2.75) is 51.6 Å². The lowest BCUT2D eigenvalue weighted by molar-refractivity contribution is 0.0918. The number of methoxy groups -OCH3 is 2. The molecule has 5 rings (SSSR count). The number of nitrogens with zero attached hydrogens (tertiary/aromatic N) is 2. The molecule has 2 fully saturated rings. The fourth-order valence-electron chi connectivity index (χ4n) is 6.00. The molecule has 1 atom stereocenters. The average Bonchev–Trinajstić information content (AvgIpc) is 2.97. The minimum atomic E-state index is -0.0370. The SMILES string of the molecule is COc1cc2nc(-c3ccccc3)c(CN3CCNCC3)c(C(=O)NC(C)C3CCCCC3)c2cc1OC. The van der Waals surface area contributed by atoms with Crippen molar-refractivity contribution in [1.29, 1.82) is 0 Å². The first-order chi connectivity index (χ1) is 18.6. The van der Waals surface area contributed by atoms with Crippen LogP contribution in [0.25, 0.3) is 22.2 Å². The van der Waals surface area contributed by atoms with E-state index in [-0.39, 0.29) is 11.9 Å². The zero-order chi connectivity index (χ0) is 26.5. The fraction of sp³-hybridized carbons (Fsp3) is 0.484. The van der Waals surface area contributed by atoms with Gasteiger partial charge in [-0.25, -0.2) is 4.98 Å². The molecule has 1 saturated carbocycles. The van der Waals surface area contributed by atoms with Crippen molar-refractivity contribution >= 4 is 16.8 Å². The van der Waals surface area contributed by atoms with Crippen molar-refractivity contribution in [2.24, 2.45) is 5.92 Å². The Kier molecular flexibility index (Phi) is 8.45. The average molecular weight is 517 g/mol. The van der Waals surface area contributed by atoms with Gasteiger partial charge in [0, 0.05) is 61.3 Å². The lowest BCUT2D eigenvalue weighted by atomic mass is 9.84. The summed E-state index contributed by atoms with van der Waals surface area (Å²) in [7, 11) is 3.25. The summed E-state index contributed by atoms with van der Waals surface area (Å²) >= 11 is 0. The second-order valence-electron chi connectivity index (χ2n) is 10.6. The van der Waals surface area contributed by atoms with E-state index in [1.165, 1.54) is 32.1 Å². The van der Waals surface area contributed by atoms with Gasteiger partial charge >= 0.3 is 0 Å². The topological polar surface area (TPSA) is 75.7 Å². The number of benzene rings is 2. The number of hydrogen-bond donors (Lipinski definition) is 2. The van der Waals surface area contributed by atoms with Gasteiger partial charge < -0.3 is 20.1 Å². The zero-order valence-corrected chi connectivity index (χ0v) is 22.9. The second kappa shape index (κ2) is 12.1. The van der Waals surface area contributed by atoms with Crippen molar-refractivity contribution in [3.8, 4) is 22.8 Å². The fourth-order valence-corrected chi connectivity index (χ4v) is 6.00. The van der Waals surface area contributed by atoms with Gasteiger partial charge in [-0.15, -0.1) is 0 Å². The molecular weight excluding hydrogens is 476 g/mol. The predicted octanol–water partition coefficient (Wildman–Crippen LogP) is 5.02. The minimum Gasteiger partial charge on any atom is -0.493 e. The van der Waals surface area contributed by atoms with Crippen LogP contribution in [0, 0.1) is 5.92 Å². The lowest BCUT2D eigenvalue weighted by Gasteiger charge is -2.31. The molecule has 0 radical (unpaired) electrons. The van der Waals surface area contributed by atoms with E-state index in [4.69, 9.17) is 14.5 Å². The van der Waals surface area contributed by atoms with E-state index >= 15 is 0 Å². The van der Waals surface area contributed by atoms with E-state index in [1.807, 2.05) is 30.3 Å². The normalized spacial score (nSPS) is 17.8. The zero-order valence-electron chi connectivity index (χ0n) is 22.9. The number of aromatic nitrogens is 1. The Labute approximate surface area is 225 Å². The summed E-state index contributed by atoms with van der Waals surface area (Å²) in [6, 6.07) is 14.1. The van der Waals surface area contributed by atoms with Gasteiger partial charge in [-0.05, 0) is 31.7 Å². The molecule has 7 heteroatoms. The number of amides is 1. The molecule has 38 heavy (non-hydrogen) atoms. The Bertz CT molecular complexity index is 1250. The van der Waals surface area contributed by atoms with Crippen molar-refractivity contribution in [3.63, 3.8) is 0 Å². The molecule has 1 aliphatic carbocycles. The summed E-state index contributed by atoms with van der Waals surface area (Å²) in [5, 5.41) is 7.64. The molecule has 202 valence electrons. The van der Waals surface area contributed by atoms with E-state index in [0.29, 0.717) is 29.5 Å². The molecule has 7 nitrogen and oxygen atoms in total. The third-order valence-electron chi connectivity index (χ3n) is 8.17. The number of nitrogens with one attached hydrogen (secondary N) is 2. The Morgan fingerprint density at radius 3 is 2.42 bits per heavy atom. The molecule has 1 amide bonds. The van der Waals surface area contributed by atoms with Crippen LogP contribution in [0.1, 0.15) is 54.9 Å². The summed E-state index contributed by atoms with van der Waals surface area (Å²) in [6.07, 6.45) is 6.13. The largest absolute Gasteiger partial charge is 0.493 e. The Balaban J connectivity index is 1.68. The third-order valence-corrected chi connectivity index (χ3v) is 8.17. The van der Waals surface area contributed by atoms with Gasteiger partial charge in [0.1, 0.15) is 0 Å². The highest BCUT2D eigenvalue weighted by Crippen LogP contribution is 2.38. The standard InChI is InChI=1S/C31H40N4O3/c1-21(22-10-6-4-7-11-22)33-31(36)29-24-18-27(37-2)28(38-3)19-26(24)34-30(23-12-8-5-9-13-23)25(29)20-35-16-14-32-15-17-35/h5,8-9,12-13,18-19,21-22,32H,4,6-7,10-11,14-17,20H2,1-3H3,(H,33,36). The van der Waals surface area contributed by atoms with Gasteiger partial charge in [0.25, 0.3) is 5.91 Å². The first kappa shape index (κ1) is 26.4. The first-order valence-electron chi connectivity index (χ1n) is 14.0. The molecule has 2 N–H and O–H groups in total. The van der Waals surface area contributed by atoms with Crippen LogP contribution < -0.4 is 20.1 Å². The number of carbonyl (C=O) groups excluding carboxylic acids is 1. The Morgan fingerprint density at radius 1 is 1.05 bits per heavy atom. The van der Waals surface area contributed by atoms with E-state index in [1.54, 1.807) is 14.2 Å². The van der Waals surface area contributed by atoms with Crippen LogP contribution in [0.15, 0.2) is 42.5 Å². The van der Waals surface area contributed by atoms with Crippen LogP contribution in [0.3, 0.4) is 0 Å². The van der Waals surface area contributed by atoms with Crippen LogP contribution in [0.2, 0.25) is 0 Å². The van der Waals surface area contributed by atoms with Gasteiger partial charge in [-0.3, -0.25) is 9.69 Å². The van der Waals surface area contributed by atoms with Gasteiger partial charge in [0.05, 0.1) is 31.0 Å². The summed E-state index contributed by atoms with van der Waals surface area (Å²) in [4.78, 5) is 21.8. The predicted molar refractivity (Wildman–Crippen MR) is 152 cm³/mol. The monoisotopic (exact) mass is 516 g/mol. The lowest BCUT2D eigenvalue weighted by Crippen LogP contribution is -2.43. The van der Waals surface area contributed by atoms with Crippen LogP contribution in [0.4, 0.5) is 0 Å². The van der Waals surface area contributed by atoms with Gasteiger partial charge in [0.15, 0.2) is 11.5 Å². The van der Waals surface area contributed by atoms with Crippen molar-refractivity contribution < 1.29 is 14.3 Å². The molecule has 2 aliphatic rings. The molecule has 1 saturated heterocycles. The van der Waals surface area contributed by atoms with E-state index in [2.05, 4.69) is 34.6 Å². The molecule has 1 aliphatic heterocycles. The number of ether oxygens (including phenoxy) is 2. The third kappa shape index (κ3) is 5.64. The number of rotatable bonds is 8.